The van der Waals surface area contributed by atoms with Crippen LogP contribution in [0.3, 0.4) is 0 Å². The number of rotatable bonds is 11. The van der Waals surface area contributed by atoms with Crippen molar-refractivity contribution in [1.29, 1.82) is 0 Å². The van der Waals surface area contributed by atoms with Gasteiger partial charge in [-0.3, -0.25) is 0 Å². The fourth-order valence-electron chi connectivity index (χ4n) is 3.19. The minimum Gasteiger partial charge on any atom is -0.454 e. The number of ether oxygens (including phenoxy) is 3. The highest BCUT2D eigenvalue weighted by atomic mass is 19.3. The number of aliphatic hydroxyl groups is 1. The molecule has 1 aliphatic heterocycles. The van der Waals surface area contributed by atoms with Gasteiger partial charge in [-0.15, -0.1) is 0 Å². The van der Waals surface area contributed by atoms with Crippen LogP contribution in [0, 0.1) is 11.8 Å². The van der Waals surface area contributed by atoms with Crippen molar-refractivity contribution < 1.29 is 28.1 Å². The third-order valence-electron chi connectivity index (χ3n) is 4.42. The Bertz CT molecular complexity index is 671. The zero-order valence-corrected chi connectivity index (χ0v) is 17.2. The minimum atomic E-state index is -2.94. The van der Waals surface area contributed by atoms with E-state index in [1.54, 1.807) is 6.07 Å². The van der Waals surface area contributed by atoms with E-state index in [4.69, 9.17) is 9.47 Å². The van der Waals surface area contributed by atoms with Gasteiger partial charge in [0.2, 0.25) is 6.79 Å². The summed E-state index contributed by atoms with van der Waals surface area (Å²) in [5.74, 6) is 2.28. The van der Waals surface area contributed by atoms with E-state index < -0.39 is 6.61 Å². The third kappa shape index (κ3) is 7.56. The number of hydrogen-bond donors (Lipinski definition) is 3. The van der Waals surface area contributed by atoms with E-state index in [1.165, 1.54) is 6.07 Å². The van der Waals surface area contributed by atoms with Gasteiger partial charge in [-0.25, -0.2) is 4.99 Å². The van der Waals surface area contributed by atoms with Crippen molar-refractivity contribution >= 4 is 5.96 Å². The van der Waals surface area contributed by atoms with E-state index in [2.05, 4.69) is 34.2 Å². The van der Waals surface area contributed by atoms with Crippen LogP contribution in [0.25, 0.3) is 0 Å². The highest BCUT2D eigenvalue weighted by Crippen LogP contribution is 2.39. The molecule has 1 unspecified atom stereocenters. The van der Waals surface area contributed by atoms with E-state index in [0.717, 1.165) is 6.42 Å². The third-order valence-corrected chi connectivity index (χ3v) is 4.42. The Hall–Kier alpha value is -2.29. The lowest BCUT2D eigenvalue weighted by Crippen LogP contribution is -2.40. The predicted octanol–water partition coefficient (Wildman–Crippen LogP) is 3.12. The summed E-state index contributed by atoms with van der Waals surface area (Å²) in [6, 6.07) is 3.01. The monoisotopic (exact) mass is 415 g/mol. The summed E-state index contributed by atoms with van der Waals surface area (Å²) in [5, 5.41) is 15.7. The molecule has 0 aliphatic carbocycles. The molecule has 0 radical (unpaired) electrons. The maximum atomic E-state index is 12.8. The van der Waals surface area contributed by atoms with Crippen molar-refractivity contribution in [2.45, 2.75) is 46.8 Å². The standard InChI is InChI=1S/C20H31F2N3O4/c1-4-23-20(24-10-14(5-6-26)7-13(2)3)25-11-15-8-17-18(28-12-27-17)9-16(15)29-19(21)22/h8-9,13-14,19,26H,4-7,10-12H2,1-3H3,(H2,23,24,25). The van der Waals surface area contributed by atoms with Crippen molar-refractivity contribution in [3.63, 3.8) is 0 Å². The number of halogens is 2. The summed E-state index contributed by atoms with van der Waals surface area (Å²) in [7, 11) is 0. The van der Waals surface area contributed by atoms with Crippen LogP contribution in [-0.4, -0.2) is 44.2 Å². The lowest BCUT2D eigenvalue weighted by Gasteiger charge is -2.20. The average Bonchev–Trinajstić information content (AvgIpc) is 3.10. The molecule has 0 saturated heterocycles. The van der Waals surface area contributed by atoms with Crippen LogP contribution in [0.4, 0.5) is 8.78 Å². The summed E-state index contributed by atoms with van der Waals surface area (Å²) < 4.78 is 40.8. The summed E-state index contributed by atoms with van der Waals surface area (Å²) in [6.45, 7) is 4.92. The zero-order chi connectivity index (χ0) is 21.2. The predicted molar refractivity (Wildman–Crippen MR) is 107 cm³/mol. The molecule has 1 aromatic rings. The largest absolute Gasteiger partial charge is 0.454 e. The Morgan fingerprint density at radius 1 is 1.24 bits per heavy atom. The average molecular weight is 415 g/mol. The van der Waals surface area contributed by atoms with Gasteiger partial charge in [-0.05, 0) is 37.7 Å². The van der Waals surface area contributed by atoms with Crippen LogP contribution in [0.1, 0.15) is 39.2 Å². The molecular formula is C20H31F2N3O4. The van der Waals surface area contributed by atoms with Gasteiger partial charge in [0, 0.05) is 31.3 Å². The number of alkyl halides is 2. The first kappa shape index (κ1) is 23.0. The highest BCUT2D eigenvalue weighted by molar-refractivity contribution is 5.79. The molecule has 29 heavy (non-hydrogen) atoms. The molecule has 0 bridgehead atoms. The number of hydrogen-bond acceptors (Lipinski definition) is 5. The maximum absolute atomic E-state index is 12.8. The SMILES string of the molecule is CCNC(=NCc1cc2c(cc1OC(F)F)OCO2)NCC(CCO)CC(C)C. The van der Waals surface area contributed by atoms with Crippen LogP contribution in [0.2, 0.25) is 0 Å². The maximum Gasteiger partial charge on any atom is 0.387 e. The Morgan fingerprint density at radius 2 is 1.97 bits per heavy atom. The van der Waals surface area contributed by atoms with Crippen molar-refractivity contribution in [3.05, 3.63) is 17.7 Å². The molecule has 0 fully saturated rings. The number of benzene rings is 1. The van der Waals surface area contributed by atoms with Gasteiger partial charge < -0.3 is 30.0 Å². The van der Waals surface area contributed by atoms with Gasteiger partial charge in [-0.1, -0.05) is 13.8 Å². The minimum absolute atomic E-state index is 0.0156. The van der Waals surface area contributed by atoms with E-state index in [0.29, 0.717) is 54.4 Å². The number of fused-ring (bicyclic) bond motifs is 1. The molecular weight excluding hydrogens is 384 g/mol. The molecule has 0 amide bonds. The second kappa shape index (κ2) is 11.6. The van der Waals surface area contributed by atoms with Gasteiger partial charge in [0.25, 0.3) is 0 Å². The Kier molecular flexibility index (Phi) is 9.24. The first-order valence-corrected chi connectivity index (χ1v) is 9.93. The number of nitrogens with zero attached hydrogens (tertiary/aromatic N) is 1. The number of nitrogens with one attached hydrogen (secondary N) is 2. The quantitative estimate of drug-likeness (QED) is 0.380. The molecule has 9 heteroatoms. The molecule has 0 spiro atoms. The van der Waals surface area contributed by atoms with Crippen molar-refractivity contribution in [2.75, 3.05) is 26.5 Å². The Labute approximate surface area is 170 Å². The fourth-order valence-corrected chi connectivity index (χ4v) is 3.19. The Balaban J connectivity index is 2.10. The molecule has 1 atom stereocenters. The second-order valence-electron chi connectivity index (χ2n) is 7.28. The fraction of sp³-hybridized carbons (Fsp3) is 0.650. The molecule has 1 aliphatic rings. The molecule has 1 heterocycles. The molecule has 0 saturated carbocycles. The van der Waals surface area contributed by atoms with Crippen LogP contribution < -0.4 is 24.8 Å². The van der Waals surface area contributed by atoms with Gasteiger partial charge in [-0.2, -0.15) is 8.78 Å². The molecule has 2 rings (SSSR count). The number of aliphatic hydroxyl groups excluding tert-OH is 1. The second-order valence-corrected chi connectivity index (χ2v) is 7.28. The first-order chi connectivity index (χ1) is 13.9. The van der Waals surface area contributed by atoms with Gasteiger partial charge >= 0.3 is 6.61 Å². The highest BCUT2D eigenvalue weighted by Gasteiger charge is 2.20. The number of aliphatic imine (C=N–C) groups is 1. The molecule has 0 aromatic heterocycles. The van der Waals surface area contributed by atoms with Gasteiger partial charge in [0.15, 0.2) is 17.5 Å². The topological polar surface area (TPSA) is 84.3 Å². The van der Waals surface area contributed by atoms with Crippen molar-refractivity contribution in [3.8, 4) is 17.2 Å². The zero-order valence-electron chi connectivity index (χ0n) is 17.2. The van der Waals surface area contributed by atoms with Crippen molar-refractivity contribution in [1.82, 2.24) is 10.6 Å². The normalized spacial score (nSPS) is 14.4. The Morgan fingerprint density at radius 3 is 2.59 bits per heavy atom. The van der Waals surface area contributed by atoms with E-state index in [1.807, 2.05) is 6.92 Å². The van der Waals surface area contributed by atoms with E-state index in [9.17, 15) is 13.9 Å². The summed E-state index contributed by atoms with van der Waals surface area (Å²) in [5.41, 5.74) is 0.473. The summed E-state index contributed by atoms with van der Waals surface area (Å²) >= 11 is 0. The van der Waals surface area contributed by atoms with Gasteiger partial charge in [0.05, 0.1) is 6.54 Å². The molecule has 7 nitrogen and oxygen atoms in total. The van der Waals surface area contributed by atoms with E-state index >= 15 is 0 Å². The lowest BCUT2D eigenvalue weighted by molar-refractivity contribution is -0.0505. The number of guanidine groups is 1. The van der Waals surface area contributed by atoms with Gasteiger partial charge in [0.1, 0.15) is 5.75 Å². The van der Waals surface area contributed by atoms with Crippen LogP contribution in [0.15, 0.2) is 17.1 Å². The van der Waals surface area contributed by atoms with E-state index in [-0.39, 0.29) is 25.7 Å². The summed E-state index contributed by atoms with van der Waals surface area (Å²) in [6.07, 6.45) is 1.70. The van der Waals surface area contributed by atoms with Crippen LogP contribution in [0.5, 0.6) is 17.2 Å². The molecule has 164 valence electrons. The van der Waals surface area contributed by atoms with Crippen LogP contribution >= 0.6 is 0 Å². The molecule has 1 aromatic carbocycles. The summed E-state index contributed by atoms with van der Waals surface area (Å²) in [4.78, 5) is 4.50. The van der Waals surface area contributed by atoms with Crippen molar-refractivity contribution in [2.24, 2.45) is 16.8 Å². The lowest BCUT2D eigenvalue weighted by atomic mass is 9.94. The first-order valence-electron chi connectivity index (χ1n) is 9.93. The van der Waals surface area contributed by atoms with Crippen LogP contribution in [-0.2, 0) is 6.54 Å². The smallest absolute Gasteiger partial charge is 0.387 e. The molecule has 3 N–H and O–H groups in total.